The predicted molar refractivity (Wildman–Crippen MR) is 173 cm³/mol. The lowest BCUT2D eigenvalue weighted by molar-refractivity contribution is 0.792. The van der Waals surface area contributed by atoms with Crippen LogP contribution < -0.4 is 4.90 Å². The number of para-hydroxylation sites is 1. The molecule has 40 heavy (non-hydrogen) atoms. The number of benzene rings is 5. The van der Waals surface area contributed by atoms with E-state index in [-0.39, 0.29) is 0 Å². The van der Waals surface area contributed by atoms with Gasteiger partial charge in [-0.3, -0.25) is 0 Å². The normalized spacial score (nSPS) is 16.5. The molecule has 0 bridgehead atoms. The monoisotopic (exact) mass is 529 g/mol. The van der Waals surface area contributed by atoms with Crippen LogP contribution in [-0.2, 0) is 0 Å². The van der Waals surface area contributed by atoms with Crippen molar-refractivity contribution in [3.8, 4) is 0 Å². The second-order valence-corrected chi connectivity index (χ2v) is 11.6. The zero-order valence-electron chi connectivity index (χ0n) is 22.0. The van der Waals surface area contributed by atoms with Crippen molar-refractivity contribution in [1.29, 1.82) is 0 Å². The summed E-state index contributed by atoms with van der Waals surface area (Å²) < 4.78 is 2.65. The molecule has 2 aliphatic rings. The summed E-state index contributed by atoms with van der Waals surface area (Å²) in [6.45, 7) is 0. The molecule has 0 radical (unpaired) electrons. The van der Waals surface area contributed by atoms with Gasteiger partial charge in [-0.1, -0.05) is 97.1 Å². The lowest BCUT2D eigenvalue weighted by atomic mass is 9.77. The molecule has 0 saturated carbocycles. The van der Waals surface area contributed by atoms with E-state index in [0.29, 0.717) is 5.92 Å². The summed E-state index contributed by atoms with van der Waals surface area (Å²) in [6.07, 6.45) is 12.4. The zero-order chi connectivity index (χ0) is 26.5. The Morgan fingerprint density at radius 2 is 1.43 bits per heavy atom. The Bertz CT molecular complexity index is 2040. The van der Waals surface area contributed by atoms with Gasteiger partial charge in [0.15, 0.2) is 0 Å². The number of anilines is 2. The number of thiophene rings is 1. The maximum absolute atomic E-state index is 2.46. The molecule has 1 aromatic heterocycles. The fourth-order valence-corrected chi connectivity index (χ4v) is 7.39. The van der Waals surface area contributed by atoms with Gasteiger partial charge in [0, 0.05) is 37.5 Å². The molecule has 2 heteroatoms. The van der Waals surface area contributed by atoms with Crippen LogP contribution in [0.3, 0.4) is 0 Å². The van der Waals surface area contributed by atoms with E-state index in [1.54, 1.807) is 0 Å². The first-order valence-electron chi connectivity index (χ1n) is 13.9. The van der Waals surface area contributed by atoms with E-state index >= 15 is 0 Å². The van der Waals surface area contributed by atoms with Crippen molar-refractivity contribution in [3.05, 3.63) is 162 Å². The van der Waals surface area contributed by atoms with Gasteiger partial charge in [-0.25, -0.2) is 0 Å². The molecule has 0 spiro atoms. The Morgan fingerprint density at radius 3 is 2.35 bits per heavy atom. The number of allylic oxidation sites excluding steroid dienone is 7. The summed E-state index contributed by atoms with van der Waals surface area (Å²) in [7, 11) is 0. The van der Waals surface area contributed by atoms with Gasteiger partial charge in [0.25, 0.3) is 0 Å². The maximum atomic E-state index is 2.46. The molecule has 5 aromatic carbocycles. The van der Waals surface area contributed by atoms with Crippen molar-refractivity contribution < 1.29 is 0 Å². The van der Waals surface area contributed by atoms with Gasteiger partial charge in [-0.05, 0) is 82.4 Å². The van der Waals surface area contributed by atoms with Gasteiger partial charge in [0.2, 0.25) is 0 Å². The number of hydrogen-bond donors (Lipinski definition) is 0. The number of rotatable bonds is 4. The molecule has 0 saturated heterocycles. The third-order valence-electron chi connectivity index (χ3n) is 8.19. The second-order valence-electron chi connectivity index (χ2n) is 10.5. The standard InChI is InChI=1S/C38H27NS/c1-2-13-30(14-3-1)39(31-21-23-37-34(25-31)33-16-8-9-17-36(33)40-37)35-22-20-27-11-6-7-15-32(27)38(35)29-19-18-26-10-4-5-12-28(26)24-29/h1-14,16-25,32H,15H2. The molecule has 0 aliphatic heterocycles. The lowest BCUT2D eigenvalue weighted by Gasteiger charge is -2.35. The Kier molecular flexibility index (Phi) is 5.53. The van der Waals surface area contributed by atoms with Crippen LogP contribution in [0.2, 0.25) is 0 Å². The second kappa shape index (κ2) is 9.51. The summed E-state index contributed by atoms with van der Waals surface area (Å²) in [6, 6.07) is 42.1. The van der Waals surface area contributed by atoms with Crippen molar-refractivity contribution in [1.82, 2.24) is 0 Å². The van der Waals surface area contributed by atoms with Crippen LogP contribution in [0.4, 0.5) is 11.4 Å². The molecule has 190 valence electrons. The van der Waals surface area contributed by atoms with Crippen LogP contribution in [-0.4, -0.2) is 0 Å². The maximum Gasteiger partial charge on any atom is 0.0506 e. The highest BCUT2D eigenvalue weighted by molar-refractivity contribution is 7.25. The van der Waals surface area contributed by atoms with Crippen molar-refractivity contribution in [3.63, 3.8) is 0 Å². The molecular weight excluding hydrogens is 502 g/mol. The molecule has 2 aliphatic carbocycles. The molecule has 1 nitrogen and oxygen atoms in total. The predicted octanol–water partition coefficient (Wildman–Crippen LogP) is 10.8. The molecule has 6 aromatic rings. The van der Waals surface area contributed by atoms with Crippen LogP contribution in [0, 0.1) is 5.92 Å². The van der Waals surface area contributed by atoms with Crippen molar-refractivity contribution >= 4 is 59.2 Å². The quantitative estimate of drug-likeness (QED) is 0.219. The Morgan fingerprint density at radius 1 is 0.625 bits per heavy atom. The topological polar surface area (TPSA) is 3.24 Å². The van der Waals surface area contributed by atoms with E-state index in [1.165, 1.54) is 59.0 Å². The van der Waals surface area contributed by atoms with Gasteiger partial charge in [-0.2, -0.15) is 0 Å². The first-order valence-corrected chi connectivity index (χ1v) is 14.7. The summed E-state index contributed by atoms with van der Waals surface area (Å²) in [5.74, 6) is 0.308. The summed E-state index contributed by atoms with van der Waals surface area (Å²) in [5, 5.41) is 5.18. The van der Waals surface area contributed by atoms with E-state index in [4.69, 9.17) is 0 Å². The van der Waals surface area contributed by atoms with E-state index in [9.17, 15) is 0 Å². The van der Waals surface area contributed by atoms with Gasteiger partial charge in [-0.15, -0.1) is 11.3 Å². The van der Waals surface area contributed by atoms with Crippen molar-refractivity contribution in [2.24, 2.45) is 5.92 Å². The van der Waals surface area contributed by atoms with Gasteiger partial charge in [0.1, 0.15) is 0 Å². The van der Waals surface area contributed by atoms with Gasteiger partial charge >= 0.3 is 0 Å². The molecule has 0 amide bonds. The van der Waals surface area contributed by atoms with E-state index in [2.05, 4.69) is 151 Å². The molecule has 8 rings (SSSR count). The molecule has 1 heterocycles. The Balaban J connectivity index is 1.40. The Hall–Kier alpha value is -4.66. The third kappa shape index (κ3) is 3.84. The lowest BCUT2D eigenvalue weighted by Crippen LogP contribution is -2.23. The van der Waals surface area contributed by atoms with Crippen molar-refractivity contribution in [2.45, 2.75) is 6.42 Å². The minimum Gasteiger partial charge on any atom is -0.310 e. The number of hydrogen-bond acceptors (Lipinski definition) is 2. The molecule has 0 N–H and O–H groups in total. The third-order valence-corrected chi connectivity index (χ3v) is 9.34. The van der Waals surface area contributed by atoms with Crippen LogP contribution in [0.25, 0.3) is 36.5 Å². The largest absolute Gasteiger partial charge is 0.310 e. The highest BCUT2D eigenvalue weighted by Gasteiger charge is 2.29. The minimum absolute atomic E-state index is 0.308. The smallest absolute Gasteiger partial charge is 0.0506 e. The highest BCUT2D eigenvalue weighted by atomic mass is 32.1. The van der Waals surface area contributed by atoms with Crippen molar-refractivity contribution in [2.75, 3.05) is 4.90 Å². The molecule has 1 unspecified atom stereocenters. The SMILES string of the molecule is C1=CCC2C(=C1)C=CC(N(c1ccccc1)c1ccc3sc4ccccc4c3c1)=C2c1ccc2ccccc2c1. The first-order chi connectivity index (χ1) is 19.8. The Labute approximate surface area is 238 Å². The molecule has 0 fully saturated rings. The van der Waals surface area contributed by atoms with Gasteiger partial charge in [0.05, 0.1) is 5.70 Å². The number of fused-ring (bicyclic) bond motifs is 5. The molecule has 1 atom stereocenters. The summed E-state index contributed by atoms with van der Waals surface area (Å²) in [5.41, 5.74) is 7.62. The average Bonchev–Trinajstić information content (AvgIpc) is 3.39. The summed E-state index contributed by atoms with van der Waals surface area (Å²) in [4.78, 5) is 2.46. The van der Waals surface area contributed by atoms with E-state index in [0.717, 1.165) is 12.1 Å². The highest BCUT2D eigenvalue weighted by Crippen LogP contribution is 2.46. The fourth-order valence-electron chi connectivity index (χ4n) is 6.30. The summed E-state index contributed by atoms with van der Waals surface area (Å²) >= 11 is 1.87. The van der Waals surface area contributed by atoms with Crippen LogP contribution in [0.1, 0.15) is 12.0 Å². The van der Waals surface area contributed by atoms with Crippen LogP contribution in [0.5, 0.6) is 0 Å². The van der Waals surface area contributed by atoms with E-state index < -0.39 is 0 Å². The minimum atomic E-state index is 0.308. The van der Waals surface area contributed by atoms with Gasteiger partial charge < -0.3 is 4.90 Å². The van der Waals surface area contributed by atoms with Crippen LogP contribution in [0.15, 0.2) is 157 Å². The average molecular weight is 530 g/mol. The number of nitrogens with zero attached hydrogens (tertiary/aromatic N) is 1. The van der Waals surface area contributed by atoms with Crippen LogP contribution >= 0.6 is 11.3 Å². The fraction of sp³-hybridized carbons (Fsp3) is 0.0526. The molecular formula is C38H27NS. The first kappa shape index (κ1) is 23.2. The van der Waals surface area contributed by atoms with E-state index in [1.807, 2.05) is 11.3 Å². The zero-order valence-corrected chi connectivity index (χ0v) is 22.8.